The Morgan fingerprint density at radius 3 is 2.71 bits per heavy atom. The van der Waals surface area contributed by atoms with E-state index in [1.807, 2.05) is 12.1 Å². The number of methoxy groups -OCH3 is 2. The first-order valence-electron chi connectivity index (χ1n) is 7.95. The minimum Gasteiger partial charge on any atom is -0.497 e. The number of benzene rings is 1. The van der Waals surface area contributed by atoms with Crippen molar-refractivity contribution in [3.05, 3.63) is 29.3 Å². The molecule has 1 atom stereocenters. The minimum atomic E-state index is -1.18. The summed E-state index contributed by atoms with van der Waals surface area (Å²) < 4.78 is 10.0. The van der Waals surface area contributed by atoms with E-state index in [1.165, 1.54) is 7.11 Å². The van der Waals surface area contributed by atoms with Gasteiger partial charge in [-0.3, -0.25) is 9.59 Å². The number of nitrogens with one attached hydrogen (secondary N) is 2. The van der Waals surface area contributed by atoms with E-state index < -0.39 is 17.4 Å². The molecular formula is C17H24N2O5. The van der Waals surface area contributed by atoms with E-state index in [2.05, 4.69) is 10.6 Å². The van der Waals surface area contributed by atoms with Crippen LogP contribution in [0.2, 0.25) is 0 Å². The molecule has 0 spiro atoms. The van der Waals surface area contributed by atoms with E-state index in [1.54, 1.807) is 13.2 Å². The smallest absolute Gasteiger partial charge is 0.309 e. The molecular weight excluding hydrogens is 312 g/mol. The number of fused-ring (bicyclic) bond motifs is 1. The molecule has 3 N–H and O–H groups in total. The third-order valence-electron chi connectivity index (χ3n) is 4.19. The Balaban J connectivity index is 2.00. The van der Waals surface area contributed by atoms with Crippen molar-refractivity contribution in [2.75, 3.05) is 33.9 Å². The quantitative estimate of drug-likeness (QED) is 0.506. The molecule has 7 nitrogen and oxygen atoms in total. The maximum Gasteiger partial charge on any atom is 0.309 e. The maximum atomic E-state index is 11.8. The van der Waals surface area contributed by atoms with Crippen molar-refractivity contribution < 1.29 is 24.2 Å². The molecule has 0 fully saturated rings. The second kappa shape index (κ2) is 8.12. The largest absolute Gasteiger partial charge is 0.497 e. The zero-order chi connectivity index (χ0) is 17.6. The summed E-state index contributed by atoms with van der Waals surface area (Å²) >= 11 is 0. The first-order chi connectivity index (χ1) is 11.5. The lowest BCUT2D eigenvalue weighted by atomic mass is 9.79. The Kier molecular flexibility index (Phi) is 6.16. The van der Waals surface area contributed by atoms with Crippen molar-refractivity contribution in [3.8, 4) is 5.75 Å². The molecule has 7 heteroatoms. The van der Waals surface area contributed by atoms with E-state index in [0.29, 0.717) is 13.0 Å². The molecule has 1 aliphatic rings. The molecule has 0 aromatic heterocycles. The third kappa shape index (κ3) is 4.24. The topological polar surface area (TPSA) is 96.9 Å². The Hall–Kier alpha value is -2.12. The second-order valence-electron chi connectivity index (χ2n) is 5.84. The lowest BCUT2D eigenvalue weighted by Crippen LogP contribution is -2.47. The molecule has 1 unspecified atom stereocenters. The van der Waals surface area contributed by atoms with Crippen molar-refractivity contribution >= 4 is 11.8 Å². The first-order valence-corrected chi connectivity index (χ1v) is 7.95. The van der Waals surface area contributed by atoms with Gasteiger partial charge in [-0.15, -0.1) is 0 Å². The van der Waals surface area contributed by atoms with Gasteiger partial charge in [-0.1, -0.05) is 6.07 Å². The van der Waals surface area contributed by atoms with Crippen LogP contribution in [0.3, 0.4) is 0 Å². The molecule has 0 heterocycles. The predicted octanol–water partition coefficient (Wildman–Crippen LogP) is 0.0979. The highest BCUT2D eigenvalue weighted by Gasteiger charge is 2.35. The van der Waals surface area contributed by atoms with Gasteiger partial charge in [0.05, 0.1) is 20.3 Å². The number of aryl methyl sites for hydroxylation is 1. The van der Waals surface area contributed by atoms with Crippen LogP contribution in [0.15, 0.2) is 18.2 Å². The van der Waals surface area contributed by atoms with Gasteiger partial charge >= 0.3 is 11.8 Å². The molecule has 0 aliphatic heterocycles. The molecule has 2 amide bonds. The summed E-state index contributed by atoms with van der Waals surface area (Å²) in [6.45, 7) is 0.580. The van der Waals surface area contributed by atoms with Gasteiger partial charge in [0.2, 0.25) is 0 Å². The predicted molar refractivity (Wildman–Crippen MR) is 87.7 cm³/mol. The highest BCUT2D eigenvalue weighted by molar-refractivity contribution is 6.35. The Morgan fingerprint density at radius 2 is 2.00 bits per heavy atom. The summed E-state index contributed by atoms with van der Waals surface area (Å²) in [6, 6.07) is 5.51. The van der Waals surface area contributed by atoms with Crippen molar-refractivity contribution in [2.24, 2.45) is 0 Å². The summed E-state index contributed by atoms with van der Waals surface area (Å²) in [7, 11) is 3.11. The van der Waals surface area contributed by atoms with Gasteiger partial charge in [0.15, 0.2) is 0 Å². The average Bonchev–Trinajstić information content (AvgIpc) is 2.59. The van der Waals surface area contributed by atoms with Crippen LogP contribution in [0.4, 0.5) is 0 Å². The molecule has 0 saturated heterocycles. The van der Waals surface area contributed by atoms with Crippen LogP contribution in [0.5, 0.6) is 5.75 Å². The fourth-order valence-corrected chi connectivity index (χ4v) is 2.90. The number of ether oxygens (including phenoxy) is 2. The Morgan fingerprint density at radius 1 is 1.25 bits per heavy atom. The molecule has 132 valence electrons. The number of hydrogen-bond acceptors (Lipinski definition) is 5. The summed E-state index contributed by atoms with van der Waals surface area (Å²) in [4.78, 5) is 23.5. The second-order valence-corrected chi connectivity index (χ2v) is 5.84. The monoisotopic (exact) mass is 336 g/mol. The molecule has 1 aliphatic carbocycles. The Labute approximate surface area is 141 Å². The van der Waals surface area contributed by atoms with Crippen LogP contribution < -0.4 is 15.4 Å². The summed E-state index contributed by atoms with van der Waals surface area (Å²) in [5.74, 6) is -0.763. The lowest BCUT2D eigenvalue weighted by molar-refractivity contribution is -0.140. The maximum absolute atomic E-state index is 11.8. The minimum absolute atomic E-state index is 0.0111. The lowest BCUT2D eigenvalue weighted by Gasteiger charge is -2.34. The summed E-state index contributed by atoms with van der Waals surface area (Å²) in [6.07, 6.45) is 2.17. The van der Waals surface area contributed by atoms with E-state index >= 15 is 0 Å². The third-order valence-corrected chi connectivity index (χ3v) is 4.19. The summed E-state index contributed by atoms with van der Waals surface area (Å²) in [5.41, 5.74) is 0.596. The number of carbonyl (C=O) groups excluding carboxylic acids is 2. The van der Waals surface area contributed by atoms with Gasteiger partial charge in [-0.2, -0.15) is 0 Å². The van der Waals surface area contributed by atoms with Crippen molar-refractivity contribution in [1.29, 1.82) is 0 Å². The SMILES string of the molecule is COCCNC(=O)C(=O)NCC1(O)CCCc2cc(OC)ccc21. The molecule has 0 bridgehead atoms. The molecule has 0 saturated carbocycles. The number of hydrogen-bond donors (Lipinski definition) is 3. The fraction of sp³-hybridized carbons (Fsp3) is 0.529. The van der Waals surface area contributed by atoms with E-state index in [0.717, 1.165) is 29.7 Å². The van der Waals surface area contributed by atoms with Gasteiger partial charge in [-0.25, -0.2) is 0 Å². The molecule has 1 aromatic rings. The standard InChI is InChI=1S/C17H24N2O5/c1-23-9-8-18-15(20)16(21)19-11-17(22)7-3-4-12-10-13(24-2)5-6-14(12)17/h5-6,10,22H,3-4,7-9,11H2,1-2H3,(H,18,20)(H,19,21). The van der Waals surface area contributed by atoms with E-state index in [9.17, 15) is 14.7 Å². The zero-order valence-electron chi connectivity index (χ0n) is 14.1. The molecule has 2 rings (SSSR count). The van der Waals surface area contributed by atoms with Crippen LogP contribution in [-0.2, 0) is 26.3 Å². The zero-order valence-corrected chi connectivity index (χ0v) is 14.1. The highest BCUT2D eigenvalue weighted by Crippen LogP contribution is 2.36. The fourth-order valence-electron chi connectivity index (χ4n) is 2.90. The van der Waals surface area contributed by atoms with Gasteiger partial charge < -0.3 is 25.2 Å². The number of amides is 2. The van der Waals surface area contributed by atoms with Crippen LogP contribution >= 0.6 is 0 Å². The highest BCUT2D eigenvalue weighted by atomic mass is 16.5. The van der Waals surface area contributed by atoms with Crippen LogP contribution in [0, 0.1) is 0 Å². The van der Waals surface area contributed by atoms with Crippen LogP contribution in [0.25, 0.3) is 0 Å². The first kappa shape index (κ1) is 18.2. The van der Waals surface area contributed by atoms with Crippen LogP contribution in [0.1, 0.15) is 24.0 Å². The van der Waals surface area contributed by atoms with E-state index in [-0.39, 0.29) is 13.1 Å². The van der Waals surface area contributed by atoms with Crippen molar-refractivity contribution in [2.45, 2.75) is 24.9 Å². The van der Waals surface area contributed by atoms with Crippen LogP contribution in [-0.4, -0.2) is 50.8 Å². The van der Waals surface area contributed by atoms with Gasteiger partial charge in [0.1, 0.15) is 11.4 Å². The number of rotatable bonds is 6. The van der Waals surface area contributed by atoms with Crippen molar-refractivity contribution in [3.63, 3.8) is 0 Å². The van der Waals surface area contributed by atoms with Gasteiger partial charge in [0, 0.05) is 13.7 Å². The van der Waals surface area contributed by atoms with Gasteiger partial charge in [-0.05, 0) is 42.5 Å². The van der Waals surface area contributed by atoms with Gasteiger partial charge in [0.25, 0.3) is 0 Å². The normalized spacial score (nSPS) is 19.3. The molecule has 0 radical (unpaired) electrons. The molecule has 1 aromatic carbocycles. The van der Waals surface area contributed by atoms with Crippen molar-refractivity contribution in [1.82, 2.24) is 10.6 Å². The average molecular weight is 336 g/mol. The number of aliphatic hydroxyl groups is 1. The Bertz CT molecular complexity index is 605. The number of carbonyl (C=O) groups is 2. The molecule has 24 heavy (non-hydrogen) atoms. The van der Waals surface area contributed by atoms with E-state index in [4.69, 9.17) is 9.47 Å². The summed E-state index contributed by atoms with van der Waals surface area (Å²) in [5, 5.41) is 15.9.